The van der Waals surface area contributed by atoms with Crippen molar-refractivity contribution in [3.05, 3.63) is 35.9 Å². The number of hydrogen-bond donors (Lipinski definition) is 0. The second-order valence-corrected chi connectivity index (χ2v) is 4.24. The first-order valence-electron chi connectivity index (χ1n) is 5.81. The van der Waals surface area contributed by atoms with Gasteiger partial charge in [-0.2, -0.15) is 0 Å². The van der Waals surface area contributed by atoms with Crippen LogP contribution >= 0.6 is 0 Å². The average molecular weight is 190 g/mol. The second kappa shape index (κ2) is 5.85. The number of hydrogen-bond acceptors (Lipinski definition) is 0. The molecule has 0 nitrogen and oxygen atoms in total. The van der Waals surface area contributed by atoms with Crippen molar-refractivity contribution in [2.24, 2.45) is 11.8 Å². The standard InChI is InChI=1S/C14H22/c1-4-14(5-2)12(3)11-13-9-7-6-8-10-13/h6-10,12,14H,4-5,11H2,1-3H3. The lowest BCUT2D eigenvalue weighted by atomic mass is 9.85. The van der Waals surface area contributed by atoms with Crippen LogP contribution in [-0.2, 0) is 6.42 Å². The van der Waals surface area contributed by atoms with Crippen LogP contribution in [0.2, 0.25) is 0 Å². The molecular formula is C14H22. The molecule has 0 heterocycles. The highest BCUT2D eigenvalue weighted by molar-refractivity contribution is 5.15. The SMILES string of the molecule is CCC(CC)C(C)Cc1ccccc1. The number of rotatable bonds is 5. The van der Waals surface area contributed by atoms with E-state index in [9.17, 15) is 0 Å². The summed E-state index contributed by atoms with van der Waals surface area (Å²) >= 11 is 0. The van der Waals surface area contributed by atoms with Crippen LogP contribution < -0.4 is 0 Å². The van der Waals surface area contributed by atoms with E-state index < -0.39 is 0 Å². The predicted molar refractivity (Wildman–Crippen MR) is 63.4 cm³/mol. The zero-order valence-corrected chi connectivity index (χ0v) is 9.66. The highest BCUT2D eigenvalue weighted by Gasteiger charge is 2.13. The Hall–Kier alpha value is -0.780. The first kappa shape index (κ1) is 11.3. The van der Waals surface area contributed by atoms with Crippen LogP contribution in [0.1, 0.15) is 39.2 Å². The van der Waals surface area contributed by atoms with Gasteiger partial charge in [-0.1, -0.05) is 63.9 Å². The van der Waals surface area contributed by atoms with E-state index in [1.807, 2.05) is 0 Å². The van der Waals surface area contributed by atoms with Crippen LogP contribution in [0.15, 0.2) is 30.3 Å². The van der Waals surface area contributed by atoms with Crippen LogP contribution in [0.5, 0.6) is 0 Å². The molecule has 0 heteroatoms. The molecule has 0 aliphatic carbocycles. The Labute approximate surface area is 88.4 Å². The lowest BCUT2D eigenvalue weighted by Gasteiger charge is -2.21. The zero-order valence-electron chi connectivity index (χ0n) is 9.66. The second-order valence-electron chi connectivity index (χ2n) is 4.24. The minimum absolute atomic E-state index is 0.812. The third kappa shape index (κ3) is 3.17. The molecule has 78 valence electrons. The Morgan fingerprint density at radius 1 is 1.00 bits per heavy atom. The Bertz CT molecular complexity index is 233. The van der Waals surface area contributed by atoms with Gasteiger partial charge in [0.05, 0.1) is 0 Å². The van der Waals surface area contributed by atoms with E-state index in [-0.39, 0.29) is 0 Å². The van der Waals surface area contributed by atoms with Gasteiger partial charge in [0, 0.05) is 0 Å². The molecule has 1 aromatic carbocycles. The molecule has 0 saturated heterocycles. The maximum Gasteiger partial charge on any atom is -0.0250 e. The van der Waals surface area contributed by atoms with Gasteiger partial charge in [-0.25, -0.2) is 0 Å². The molecule has 1 rings (SSSR count). The van der Waals surface area contributed by atoms with Gasteiger partial charge >= 0.3 is 0 Å². The largest absolute Gasteiger partial charge is 0.0651 e. The van der Waals surface area contributed by atoms with Crippen molar-refractivity contribution in [2.45, 2.75) is 40.0 Å². The summed E-state index contributed by atoms with van der Waals surface area (Å²) in [6.07, 6.45) is 3.85. The van der Waals surface area contributed by atoms with E-state index in [2.05, 4.69) is 51.1 Å². The summed E-state index contributed by atoms with van der Waals surface area (Å²) in [5.74, 6) is 1.70. The lowest BCUT2D eigenvalue weighted by molar-refractivity contribution is 0.335. The summed E-state index contributed by atoms with van der Waals surface area (Å²) in [6, 6.07) is 10.8. The molecule has 14 heavy (non-hydrogen) atoms. The molecule has 1 unspecified atom stereocenters. The third-order valence-electron chi connectivity index (χ3n) is 3.25. The Balaban J connectivity index is 2.52. The molecule has 0 saturated carbocycles. The summed E-state index contributed by atoms with van der Waals surface area (Å²) < 4.78 is 0. The van der Waals surface area contributed by atoms with Gasteiger partial charge in [0.1, 0.15) is 0 Å². The van der Waals surface area contributed by atoms with Crippen LogP contribution in [-0.4, -0.2) is 0 Å². The van der Waals surface area contributed by atoms with Crippen LogP contribution in [0.25, 0.3) is 0 Å². The van der Waals surface area contributed by atoms with Gasteiger partial charge < -0.3 is 0 Å². The molecule has 0 aromatic heterocycles. The Morgan fingerprint density at radius 2 is 1.57 bits per heavy atom. The topological polar surface area (TPSA) is 0 Å². The van der Waals surface area contributed by atoms with Gasteiger partial charge in [-0.15, -0.1) is 0 Å². The molecule has 1 aromatic rings. The molecule has 1 atom stereocenters. The van der Waals surface area contributed by atoms with Crippen LogP contribution in [0, 0.1) is 11.8 Å². The Kier molecular flexibility index (Phi) is 4.72. The molecule has 0 fully saturated rings. The van der Waals surface area contributed by atoms with E-state index in [1.165, 1.54) is 24.8 Å². The predicted octanol–water partition coefficient (Wildman–Crippen LogP) is 4.30. The molecule has 0 bridgehead atoms. The summed E-state index contributed by atoms with van der Waals surface area (Å²) in [5.41, 5.74) is 1.48. The van der Waals surface area contributed by atoms with Gasteiger partial charge in [0.25, 0.3) is 0 Å². The highest BCUT2D eigenvalue weighted by Crippen LogP contribution is 2.22. The van der Waals surface area contributed by atoms with Gasteiger partial charge in [0.2, 0.25) is 0 Å². The van der Waals surface area contributed by atoms with Crippen molar-refractivity contribution < 1.29 is 0 Å². The zero-order chi connectivity index (χ0) is 10.4. The molecule has 0 spiro atoms. The molecule has 0 radical (unpaired) electrons. The fourth-order valence-corrected chi connectivity index (χ4v) is 2.25. The smallest absolute Gasteiger partial charge is 0.0250 e. The van der Waals surface area contributed by atoms with E-state index in [0.717, 1.165) is 11.8 Å². The summed E-state index contributed by atoms with van der Waals surface area (Å²) in [5, 5.41) is 0. The van der Waals surface area contributed by atoms with Crippen LogP contribution in [0.3, 0.4) is 0 Å². The lowest BCUT2D eigenvalue weighted by Crippen LogP contribution is -2.12. The van der Waals surface area contributed by atoms with Crippen molar-refractivity contribution in [3.63, 3.8) is 0 Å². The third-order valence-corrected chi connectivity index (χ3v) is 3.25. The summed E-state index contributed by atoms with van der Waals surface area (Å²) in [6.45, 7) is 6.98. The Morgan fingerprint density at radius 3 is 2.07 bits per heavy atom. The van der Waals surface area contributed by atoms with Crippen molar-refractivity contribution in [1.82, 2.24) is 0 Å². The van der Waals surface area contributed by atoms with Crippen molar-refractivity contribution >= 4 is 0 Å². The van der Waals surface area contributed by atoms with E-state index in [1.54, 1.807) is 0 Å². The minimum Gasteiger partial charge on any atom is -0.0651 e. The monoisotopic (exact) mass is 190 g/mol. The number of benzene rings is 1. The fourth-order valence-electron chi connectivity index (χ4n) is 2.25. The van der Waals surface area contributed by atoms with Crippen molar-refractivity contribution in [2.75, 3.05) is 0 Å². The van der Waals surface area contributed by atoms with Gasteiger partial charge in [-0.3, -0.25) is 0 Å². The molecule has 0 amide bonds. The molecule has 0 N–H and O–H groups in total. The molecule has 0 aliphatic heterocycles. The van der Waals surface area contributed by atoms with Crippen molar-refractivity contribution in [3.8, 4) is 0 Å². The molecular weight excluding hydrogens is 168 g/mol. The quantitative estimate of drug-likeness (QED) is 0.649. The fraction of sp³-hybridized carbons (Fsp3) is 0.571. The van der Waals surface area contributed by atoms with Crippen LogP contribution in [0.4, 0.5) is 0 Å². The van der Waals surface area contributed by atoms with Gasteiger partial charge in [-0.05, 0) is 23.8 Å². The minimum atomic E-state index is 0.812. The van der Waals surface area contributed by atoms with Gasteiger partial charge in [0.15, 0.2) is 0 Å². The summed E-state index contributed by atoms with van der Waals surface area (Å²) in [7, 11) is 0. The maximum atomic E-state index is 2.38. The van der Waals surface area contributed by atoms with E-state index in [4.69, 9.17) is 0 Å². The molecule has 0 aliphatic rings. The first-order valence-corrected chi connectivity index (χ1v) is 5.81. The average Bonchev–Trinajstić information content (AvgIpc) is 2.21. The highest BCUT2D eigenvalue weighted by atomic mass is 14.2. The van der Waals surface area contributed by atoms with E-state index in [0.29, 0.717) is 0 Å². The van der Waals surface area contributed by atoms with Crippen molar-refractivity contribution in [1.29, 1.82) is 0 Å². The van der Waals surface area contributed by atoms with E-state index >= 15 is 0 Å². The normalized spacial score (nSPS) is 13.1. The first-order chi connectivity index (χ1) is 6.77. The maximum absolute atomic E-state index is 2.38. The summed E-state index contributed by atoms with van der Waals surface area (Å²) in [4.78, 5) is 0.